The topological polar surface area (TPSA) is 94.0 Å². The molecule has 0 aliphatic rings. The quantitative estimate of drug-likeness (QED) is 0.358. The highest BCUT2D eigenvalue weighted by atomic mass is 32.2. The van der Waals surface area contributed by atoms with Crippen molar-refractivity contribution in [3.8, 4) is 12.1 Å². The molecule has 0 aliphatic carbocycles. The Morgan fingerprint density at radius 1 is 1.27 bits per heavy atom. The first-order valence-electron chi connectivity index (χ1n) is 6.17. The van der Waals surface area contributed by atoms with E-state index >= 15 is 0 Å². The minimum atomic E-state index is -0.494. The summed E-state index contributed by atoms with van der Waals surface area (Å²) < 4.78 is 0. The zero-order valence-electron chi connectivity index (χ0n) is 12.4. The molecule has 112 valence electrons. The molecule has 0 radical (unpaired) electrons. The number of allylic oxidation sites excluding steroid dienone is 3. The number of hydrogen-bond donors (Lipinski definition) is 0. The second-order valence-electron chi connectivity index (χ2n) is 4.40. The van der Waals surface area contributed by atoms with E-state index in [1.165, 1.54) is 36.0 Å². The third kappa shape index (κ3) is 4.11. The van der Waals surface area contributed by atoms with Crippen LogP contribution in [0.15, 0.2) is 40.9 Å². The molecule has 0 saturated carbocycles. The largest absolute Gasteiger partial charge is 0.372 e. The van der Waals surface area contributed by atoms with Gasteiger partial charge >= 0.3 is 0 Å². The number of rotatable bonds is 5. The minimum absolute atomic E-state index is 0.0396. The van der Waals surface area contributed by atoms with Crippen molar-refractivity contribution < 1.29 is 4.92 Å². The van der Waals surface area contributed by atoms with Gasteiger partial charge in [0.05, 0.1) is 9.95 Å². The Kier molecular flexibility index (Phi) is 6.18. The Labute approximate surface area is 133 Å². The third-order valence-electron chi connectivity index (χ3n) is 2.80. The summed E-state index contributed by atoms with van der Waals surface area (Å²) in [6.07, 6.45) is 3.62. The van der Waals surface area contributed by atoms with Crippen molar-refractivity contribution in [1.29, 1.82) is 10.5 Å². The molecule has 0 amide bonds. The van der Waals surface area contributed by atoms with E-state index in [1.807, 2.05) is 37.4 Å². The smallest absolute Gasteiger partial charge is 0.269 e. The van der Waals surface area contributed by atoms with Gasteiger partial charge < -0.3 is 4.90 Å². The van der Waals surface area contributed by atoms with Gasteiger partial charge in [-0.05, 0) is 30.0 Å². The number of non-ortho nitro benzene ring substituents is 1. The zero-order valence-corrected chi connectivity index (χ0v) is 13.2. The molecule has 7 heteroatoms. The number of nitro groups is 1. The SMILES string of the molecule is CS/C(=C\C(=C(C#N)C#N)c1ccc([N+](=O)[O-])cc1)N(C)C. The molecule has 6 nitrogen and oxygen atoms in total. The second kappa shape index (κ2) is 7.87. The Morgan fingerprint density at radius 2 is 1.82 bits per heavy atom. The molecule has 22 heavy (non-hydrogen) atoms. The van der Waals surface area contributed by atoms with Crippen molar-refractivity contribution in [3.63, 3.8) is 0 Å². The highest BCUT2D eigenvalue weighted by Gasteiger charge is 2.12. The Balaban J connectivity index is 3.48. The molecule has 0 aromatic heterocycles. The number of benzene rings is 1. The van der Waals surface area contributed by atoms with Crippen LogP contribution in [0, 0.1) is 32.8 Å². The fourth-order valence-corrected chi connectivity index (χ4v) is 2.30. The predicted molar refractivity (Wildman–Crippen MR) is 86.5 cm³/mol. The van der Waals surface area contributed by atoms with Crippen LogP contribution in [0.5, 0.6) is 0 Å². The number of nitrogens with zero attached hydrogens (tertiary/aromatic N) is 4. The highest BCUT2D eigenvalue weighted by Crippen LogP contribution is 2.27. The monoisotopic (exact) mass is 314 g/mol. The number of thioether (sulfide) groups is 1. The molecule has 0 aliphatic heterocycles. The predicted octanol–water partition coefficient (Wildman–Crippen LogP) is 3.16. The summed E-state index contributed by atoms with van der Waals surface area (Å²) in [5.41, 5.74) is 0.942. The standard InChI is InChI=1S/C15H14N4O2S/c1-18(2)15(22-3)8-14(12(9-16)10-17)11-4-6-13(7-5-11)19(20)21/h4-8H,1-3H3/b15-8-. The Hall–Kier alpha value is -2.77. The lowest BCUT2D eigenvalue weighted by atomic mass is 10.0. The van der Waals surface area contributed by atoms with Gasteiger partial charge in [0.1, 0.15) is 17.7 Å². The van der Waals surface area contributed by atoms with E-state index in [9.17, 15) is 10.1 Å². The molecule has 0 unspecified atom stereocenters. The summed E-state index contributed by atoms with van der Waals surface area (Å²) in [6.45, 7) is 0. The maximum Gasteiger partial charge on any atom is 0.269 e. The average molecular weight is 314 g/mol. The van der Waals surface area contributed by atoms with Gasteiger partial charge in [-0.25, -0.2) is 0 Å². The molecule has 0 fully saturated rings. The summed E-state index contributed by atoms with van der Waals surface area (Å²) >= 11 is 1.47. The molecule has 0 spiro atoms. The summed E-state index contributed by atoms with van der Waals surface area (Å²) in [4.78, 5) is 12.1. The van der Waals surface area contributed by atoms with Gasteiger partial charge in [0.25, 0.3) is 5.69 Å². The van der Waals surface area contributed by atoms with Crippen LogP contribution in [0.1, 0.15) is 5.56 Å². The van der Waals surface area contributed by atoms with Gasteiger partial charge in [-0.15, -0.1) is 11.8 Å². The lowest BCUT2D eigenvalue weighted by Gasteiger charge is -2.15. The normalized spacial score (nSPS) is 10.3. The van der Waals surface area contributed by atoms with Gasteiger partial charge in [0.2, 0.25) is 0 Å². The van der Waals surface area contributed by atoms with Crippen molar-refractivity contribution in [1.82, 2.24) is 4.90 Å². The molecular formula is C15H14N4O2S. The molecule has 0 N–H and O–H groups in total. The lowest BCUT2D eigenvalue weighted by Crippen LogP contribution is -2.08. The summed E-state index contributed by atoms with van der Waals surface area (Å²) in [5, 5.41) is 29.8. The van der Waals surface area contributed by atoms with E-state index < -0.39 is 4.92 Å². The maximum absolute atomic E-state index is 10.7. The van der Waals surface area contributed by atoms with Gasteiger partial charge in [-0.3, -0.25) is 10.1 Å². The maximum atomic E-state index is 10.7. The average Bonchev–Trinajstić information content (AvgIpc) is 2.51. The molecule has 0 atom stereocenters. The van der Waals surface area contributed by atoms with Crippen LogP contribution in [0.3, 0.4) is 0 Å². The summed E-state index contributed by atoms with van der Waals surface area (Å²) in [6, 6.07) is 9.51. The van der Waals surface area contributed by atoms with Crippen LogP contribution in [-0.2, 0) is 0 Å². The van der Waals surface area contributed by atoms with E-state index in [4.69, 9.17) is 10.5 Å². The van der Waals surface area contributed by atoms with Crippen molar-refractivity contribution in [3.05, 3.63) is 56.6 Å². The van der Waals surface area contributed by atoms with Crippen LogP contribution in [0.4, 0.5) is 5.69 Å². The van der Waals surface area contributed by atoms with E-state index in [0.717, 1.165) is 5.03 Å². The first kappa shape index (κ1) is 17.3. The zero-order chi connectivity index (χ0) is 16.7. The number of nitriles is 2. The van der Waals surface area contributed by atoms with Crippen molar-refractivity contribution in [2.75, 3.05) is 20.4 Å². The summed E-state index contributed by atoms with van der Waals surface area (Å²) in [7, 11) is 3.71. The fourth-order valence-electron chi connectivity index (χ4n) is 1.70. The number of hydrogen-bond acceptors (Lipinski definition) is 6. The van der Waals surface area contributed by atoms with Crippen molar-refractivity contribution in [2.24, 2.45) is 0 Å². The molecule has 1 aromatic carbocycles. The van der Waals surface area contributed by atoms with Gasteiger partial charge in [0, 0.05) is 31.8 Å². The molecular weight excluding hydrogens is 300 g/mol. The van der Waals surface area contributed by atoms with Crippen LogP contribution >= 0.6 is 11.8 Å². The van der Waals surface area contributed by atoms with Crippen molar-refractivity contribution in [2.45, 2.75) is 0 Å². The minimum Gasteiger partial charge on any atom is -0.372 e. The molecule has 1 rings (SSSR count). The molecule has 0 bridgehead atoms. The molecule has 1 aromatic rings. The van der Waals surface area contributed by atoms with Crippen LogP contribution < -0.4 is 0 Å². The third-order valence-corrected chi connectivity index (χ3v) is 3.70. The lowest BCUT2D eigenvalue weighted by molar-refractivity contribution is -0.384. The Bertz CT molecular complexity index is 691. The van der Waals surface area contributed by atoms with Crippen LogP contribution in [0.2, 0.25) is 0 Å². The Morgan fingerprint density at radius 3 is 2.18 bits per heavy atom. The van der Waals surface area contributed by atoms with Gasteiger partial charge in [-0.1, -0.05) is 0 Å². The van der Waals surface area contributed by atoms with E-state index in [-0.39, 0.29) is 11.3 Å². The van der Waals surface area contributed by atoms with Gasteiger partial charge in [0.15, 0.2) is 0 Å². The van der Waals surface area contributed by atoms with Crippen molar-refractivity contribution >= 4 is 23.0 Å². The molecule has 0 heterocycles. The first-order chi connectivity index (χ1) is 10.4. The highest BCUT2D eigenvalue weighted by molar-refractivity contribution is 8.02. The van der Waals surface area contributed by atoms with E-state index in [2.05, 4.69) is 0 Å². The number of nitro benzene ring substituents is 1. The van der Waals surface area contributed by atoms with Crippen LogP contribution in [0.25, 0.3) is 5.57 Å². The molecule has 0 saturated heterocycles. The summed E-state index contributed by atoms with van der Waals surface area (Å²) in [5.74, 6) is 0. The van der Waals surface area contributed by atoms with E-state index in [1.54, 1.807) is 6.08 Å². The second-order valence-corrected chi connectivity index (χ2v) is 5.22. The van der Waals surface area contributed by atoms with Gasteiger partial charge in [-0.2, -0.15) is 10.5 Å². The fraction of sp³-hybridized carbons (Fsp3) is 0.200. The van der Waals surface area contributed by atoms with Crippen LogP contribution in [-0.4, -0.2) is 30.2 Å². The first-order valence-corrected chi connectivity index (χ1v) is 7.39. The van der Waals surface area contributed by atoms with E-state index in [0.29, 0.717) is 11.1 Å².